The number of rotatable bonds is 4. The molecule has 0 aliphatic heterocycles. The van der Waals surface area contributed by atoms with Crippen LogP contribution < -0.4 is 4.90 Å². The van der Waals surface area contributed by atoms with Crippen molar-refractivity contribution in [3.63, 3.8) is 0 Å². The van der Waals surface area contributed by atoms with Gasteiger partial charge in [0.2, 0.25) is 0 Å². The number of carbonyl (C=O) groups excluding carboxylic acids is 2. The monoisotopic (exact) mass is 205 g/mol. The molecule has 0 aromatic heterocycles. The highest BCUT2D eigenvalue weighted by atomic mass is 16.1. The topological polar surface area (TPSA) is 37.4 Å². The maximum absolute atomic E-state index is 11.0. The molecule has 0 N–H and O–H groups in total. The number of likely N-dealkylation sites (N-methyl/N-ethyl adjacent to an activating group) is 1. The lowest BCUT2D eigenvalue weighted by Crippen LogP contribution is -2.23. The molecule has 0 amide bonds. The molecular formula is C12H15NO2. The molecule has 0 radical (unpaired) electrons. The van der Waals surface area contributed by atoms with E-state index in [-0.39, 0.29) is 11.6 Å². The van der Waals surface area contributed by atoms with Gasteiger partial charge in [-0.2, -0.15) is 0 Å². The highest BCUT2D eigenvalue weighted by Crippen LogP contribution is 2.13. The van der Waals surface area contributed by atoms with Crippen molar-refractivity contribution < 1.29 is 9.59 Å². The van der Waals surface area contributed by atoms with Crippen LogP contribution in [-0.2, 0) is 4.79 Å². The van der Waals surface area contributed by atoms with Crippen molar-refractivity contribution in [3.05, 3.63) is 29.8 Å². The second kappa shape index (κ2) is 4.73. The Labute approximate surface area is 89.7 Å². The van der Waals surface area contributed by atoms with Gasteiger partial charge in [-0.3, -0.25) is 9.59 Å². The number of hydrogen-bond acceptors (Lipinski definition) is 3. The van der Waals surface area contributed by atoms with Crippen molar-refractivity contribution in [2.45, 2.75) is 13.8 Å². The van der Waals surface area contributed by atoms with Crippen LogP contribution in [0.3, 0.4) is 0 Å². The van der Waals surface area contributed by atoms with E-state index in [1.54, 1.807) is 19.1 Å². The largest absolute Gasteiger partial charge is 0.367 e. The van der Waals surface area contributed by atoms with Crippen LogP contribution in [0, 0.1) is 0 Å². The predicted octanol–water partition coefficient (Wildman–Crippen LogP) is 1.91. The van der Waals surface area contributed by atoms with Gasteiger partial charge in [0.25, 0.3) is 0 Å². The predicted molar refractivity (Wildman–Crippen MR) is 60.4 cm³/mol. The minimum atomic E-state index is 0.0516. The minimum absolute atomic E-state index is 0.0516. The van der Waals surface area contributed by atoms with Crippen LogP contribution in [0.2, 0.25) is 0 Å². The first-order valence-corrected chi connectivity index (χ1v) is 4.82. The summed E-state index contributed by atoms with van der Waals surface area (Å²) in [4.78, 5) is 23.8. The lowest BCUT2D eigenvalue weighted by molar-refractivity contribution is -0.115. The van der Waals surface area contributed by atoms with Gasteiger partial charge in [-0.25, -0.2) is 0 Å². The smallest absolute Gasteiger partial charge is 0.159 e. The van der Waals surface area contributed by atoms with E-state index < -0.39 is 0 Å². The molecule has 1 rings (SSSR count). The van der Waals surface area contributed by atoms with Crippen LogP contribution in [0.15, 0.2) is 24.3 Å². The maximum atomic E-state index is 11.0. The number of Topliss-reactive ketones (excluding diaryl/α,β-unsaturated/α-hetero) is 2. The molecule has 1 aromatic rings. The van der Waals surface area contributed by atoms with Gasteiger partial charge in [-0.15, -0.1) is 0 Å². The van der Waals surface area contributed by atoms with Crippen molar-refractivity contribution in [1.82, 2.24) is 0 Å². The summed E-state index contributed by atoms with van der Waals surface area (Å²) in [5.74, 6) is 0.170. The standard InChI is InChI=1S/C12H15NO2/c1-9(14)8-13(3)12-6-4-11(5-7-12)10(2)15/h4-7H,8H2,1-3H3. The van der Waals surface area contributed by atoms with Crippen molar-refractivity contribution >= 4 is 17.3 Å². The molecule has 0 saturated carbocycles. The van der Waals surface area contributed by atoms with E-state index in [2.05, 4.69) is 0 Å². The molecule has 0 saturated heterocycles. The van der Waals surface area contributed by atoms with E-state index in [0.717, 1.165) is 5.69 Å². The molecule has 1 aromatic carbocycles. The molecule has 0 spiro atoms. The SMILES string of the molecule is CC(=O)CN(C)c1ccc(C(C)=O)cc1. The fourth-order valence-corrected chi connectivity index (χ4v) is 1.38. The summed E-state index contributed by atoms with van der Waals surface area (Å²) < 4.78 is 0. The highest BCUT2D eigenvalue weighted by molar-refractivity contribution is 5.94. The second-order valence-corrected chi connectivity index (χ2v) is 3.66. The van der Waals surface area contributed by atoms with Gasteiger partial charge in [0, 0.05) is 18.3 Å². The number of hydrogen-bond donors (Lipinski definition) is 0. The molecule has 0 unspecified atom stereocenters. The minimum Gasteiger partial charge on any atom is -0.367 e. The number of ketones is 2. The summed E-state index contributed by atoms with van der Waals surface area (Å²) in [6.45, 7) is 3.48. The summed E-state index contributed by atoms with van der Waals surface area (Å²) in [6.07, 6.45) is 0. The van der Waals surface area contributed by atoms with Crippen molar-refractivity contribution in [3.8, 4) is 0 Å². The summed E-state index contributed by atoms with van der Waals surface area (Å²) in [5, 5.41) is 0. The quantitative estimate of drug-likeness (QED) is 0.705. The highest BCUT2D eigenvalue weighted by Gasteiger charge is 2.04. The van der Waals surface area contributed by atoms with Crippen LogP contribution in [-0.4, -0.2) is 25.2 Å². The third kappa shape index (κ3) is 3.20. The molecule has 0 fully saturated rings. The zero-order chi connectivity index (χ0) is 11.4. The van der Waals surface area contributed by atoms with Crippen LogP contribution >= 0.6 is 0 Å². The van der Waals surface area contributed by atoms with Gasteiger partial charge in [0.05, 0.1) is 6.54 Å². The zero-order valence-electron chi connectivity index (χ0n) is 9.28. The Morgan fingerprint density at radius 3 is 2.07 bits per heavy atom. The Hall–Kier alpha value is -1.64. The molecule has 0 aliphatic carbocycles. The van der Waals surface area contributed by atoms with E-state index >= 15 is 0 Å². The first-order valence-electron chi connectivity index (χ1n) is 4.82. The lowest BCUT2D eigenvalue weighted by atomic mass is 10.1. The van der Waals surface area contributed by atoms with Crippen LogP contribution in [0.25, 0.3) is 0 Å². The molecule has 0 heterocycles. The Balaban J connectivity index is 2.79. The van der Waals surface area contributed by atoms with Crippen LogP contribution in [0.4, 0.5) is 5.69 Å². The summed E-state index contributed by atoms with van der Waals surface area (Å²) in [7, 11) is 1.85. The average molecular weight is 205 g/mol. The van der Waals surface area contributed by atoms with Gasteiger partial charge in [-0.05, 0) is 38.1 Å². The Bertz CT molecular complexity index is 368. The van der Waals surface area contributed by atoms with Crippen LogP contribution in [0.5, 0.6) is 0 Å². The molecule has 3 nitrogen and oxygen atoms in total. The molecule has 0 aliphatic rings. The normalized spacial score (nSPS) is 9.80. The molecule has 0 atom stereocenters. The Kier molecular flexibility index (Phi) is 3.61. The van der Waals surface area contributed by atoms with Gasteiger partial charge >= 0.3 is 0 Å². The number of nitrogens with zero attached hydrogens (tertiary/aromatic N) is 1. The number of benzene rings is 1. The Morgan fingerprint density at radius 2 is 1.67 bits per heavy atom. The van der Waals surface area contributed by atoms with Gasteiger partial charge in [-0.1, -0.05) is 0 Å². The lowest BCUT2D eigenvalue weighted by Gasteiger charge is -2.17. The van der Waals surface area contributed by atoms with Crippen LogP contribution in [0.1, 0.15) is 24.2 Å². The van der Waals surface area contributed by atoms with Gasteiger partial charge in [0.15, 0.2) is 5.78 Å². The first-order chi connectivity index (χ1) is 7.00. The Morgan fingerprint density at radius 1 is 1.13 bits per heavy atom. The molecule has 15 heavy (non-hydrogen) atoms. The van der Waals surface area contributed by atoms with E-state index in [1.807, 2.05) is 24.1 Å². The van der Waals surface area contributed by atoms with E-state index in [9.17, 15) is 9.59 Å². The average Bonchev–Trinajstić information content (AvgIpc) is 2.17. The second-order valence-electron chi connectivity index (χ2n) is 3.66. The number of carbonyl (C=O) groups is 2. The van der Waals surface area contributed by atoms with Crippen molar-refractivity contribution in [2.75, 3.05) is 18.5 Å². The van der Waals surface area contributed by atoms with Crippen molar-refractivity contribution in [2.24, 2.45) is 0 Å². The summed E-state index contributed by atoms with van der Waals surface area (Å²) in [6, 6.07) is 7.24. The van der Waals surface area contributed by atoms with Gasteiger partial charge in [0.1, 0.15) is 5.78 Å². The van der Waals surface area contributed by atoms with Gasteiger partial charge < -0.3 is 4.90 Å². The first kappa shape index (κ1) is 11.4. The van der Waals surface area contributed by atoms with E-state index in [1.165, 1.54) is 6.92 Å². The third-order valence-corrected chi connectivity index (χ3v) is 2.17. The summed E-state index contributed by atoms with van der Waals surface area (Å²) >= 11 is 0. The fraction of sp³-hybridized carbons (Fsp3) is 0.333. The molecular weight excluding hydrogens is 190 g/mol. The number of anilines is 1. The summed E-state index contributed by atoms with van der Waals surface area (Å²) in [5.41, 5.74) is 1.63. The molecule has 3 heteroatoms. The van der Waals surface area contributed by atoms with Crippen molar-refractivity contribution in [1.29, 1.82) is 0 Å². The maximum Gasteiger partial charge on any atom is 0.159 e. The third-order valence-electron chi connectivity index (χ3n) is 2.17. The molecule has 0 bridgehead atoms. The van der Waals surface area contributed by atoms with E-state index in [4.69, 9.17) is 0 Å². The van der Waals surface area contributed by atoms with E-state index in [0.29, 0.717) is 12.1 Å². The molecule has 80 valence electrons. The fourth-order valence-electron chi connectivity index (χ4n) is 1.38. The zero-order valence-corrected chi connectivity index (χ0v) is 9.28.